The Bertz CT molecular complexity index is 371. The minimum Gasteiger partial charge on any atom is -0.353 e. The summed E-state index contributed by atoms with van der Waals surface area (Å²) in [6.45, 7) is 1.59. The van der Waals surface area contributed by atoms with Gasteiger partial charge in [-0.2, -0.15) is 0 Å². The third kappa shape index (κ3) is 2.66. The fourth-order valence-corrected chi connectivity index (χ4v) is 2.14. The van der Waals surface area contributed by atoms with E-state index >= 15 is 0 Å². The molecule has 0 aliphatic carbocycles. The summed E-state index contributed by atoms with van der Waals surface area (Å²) >= 11 is 5.79. The molecule has 1 aliphatic heterocycles. The maximum absolute atomic E-state index is 12.1. The average molecular weight is 234 g/mol. The van der Waals surface area contributed by atoms with Gasteiger partial charge in [0.2, 0.25) is 0 Å². The van der Waals surface area contributed by atoms with Gasteiger partial charge in [-0.05, 0) is 50.2 Å². The fraction of sp³-hybridized carbons (Fsp3) is 0.417. The molecule has 1 fully saturated rings. The second-order valence-electron chi connectivity index (χ2n) is 4.18. The van der Waals surface area contributed by atoms with Gasteiger partial charge in [0.15, 0.2) is 13.8 Å². The van der Waals surface area contributed by atoms with Crippen LogP contribution in [0.1, 0.15) is 23.2 Å². The molecule has 1 heterocycles. The number of ketones is 1. The van der Waals surface area contributed by atoms with Gasteiger partial charge >= 0.3 is 0 Å². The van der Waals surface area contributed by atoms with Crippen LogP contribution in [-0.4, -0.2) is 31.7 Å². The summed E-state index contributed by atoms with van der Waals surface area (Å²) in [7, 11) is 5.66. The number of hydrogen-bond donors (Lipinski definition) is 0. The van der Waals surface area contributed by atoms with Crippen molar-refractivity contribution in [3.05, 3.63) is 34.9 Å². The first-order valence-corrected chi connectivity index (χ1v) is 5.84. The molecular formula is C12H13BClNO. The van der Waals surface area contributed by atoms with Crippen molar-refractivity contribution < 1.29 is 4.79 Å². The van der Waals surface area contributed by atoms with Crippen molar-refractivity contribution >= 4 is 25.4 Å². The molecule has 82 valence electrons. The quantitative estimate of drug-likeness (QED) is 0.577. The SMILES string of the molecule is [B]N1CCC(C(=O)c2ccc(Cl)cc2)CC1. The molecule has 0 amide bonds. The number of piperidine rings is 1. The number of Topliss-reactive ketones (excluding diaryl/α,β-unsaturated/α-hetero) is 1. The zero-order valence-corrected chi connectivity index (χ0v) is 9.78. The molecule has 16 heavy (non-hydrogen) atoms. The third-order valence-electron chi connectivity index (χ3n) is 3.03. The van der Waals surface area contributed by atoms with E-state index in [1.807, 2.05) is 0 Å². The van der Waals surface area contributed by atoms with Crippen molar-refractivity contribution in [2.24, 2.45) is 5.92 Å². The van der Waals surface area contributed by atoms with Crippen molar-refractivity contribution in [2.75, 3.05) is 13.1 Å². The van der Waals surface area contributed by atoms with Crippen LogP contribution < -0.4 is 0 Å². The molecule has 4 heteroatoms. The summed E-state index contributed by atoms with van der Waals surface area (Å²) < 4.78 is 0. The lowest BCUT2D eigenvalue weighted by Gasteiger charge is -2.28. The Labute approximate surface area is 102 Å². The predicted molar refractivity (Wildman–Crippen MR) is 65.8 cm³/mol. The molecule has 0 atom stereocenters. The van der Waals surface area contributed by atoms with E-state index in [-0.39, 0.29) is 11.7 Å². The summed E-state index contributed by atoms with van der Waals surface area (Å²) in [5.41, 5.74) is 0.750. The normalized spacial score (nSPS) is 18.6. The highest BCUT2D eigenvalue weighted by molar-refractivity contribution is 6.30. The summed E-state index contributed by atoms with van der Waals surface area (Å²) in [5.74, 6) is 0.325. The monoisotopic (exact) mass is 233 g/mol. The lowest BCUT2D eigenvalue weighted by atomic mass is 9.88. The molecule has 0 bridgehead atoms. The molecule has 2 nitrogen and oxygen atoms in total. The van der Waals surface area contributed by atoms with Gasteiger partial charge in [0.05, 0.1) is 0 Å². The van der Waals surface area contributed by atoms with E-state index in [9.17, 15) is 4.79 Å². The van der Waals surface area contributed by atoms with Gasteiger partial charge in [-0.3, -0.25) is 4.79 Å². The minimum atomic E-state index is 0.112. The van der Waals surface area contributed by atoms with E-state index in [0.29, 0.717) is 5.02 Å². The van der Waals surface area contributed by atoms with Crippen LogP contribution in [0.3, 0.4) is 0 Å². The Hall–Kier alpha value is -0.795. The Kier molecular flexibility index (Phi) is 3.67. The van der Waals surface area contributed by atoms with Gasteiger partial charge in [-0.15, -0.1) is 0 Å². The second-order valence-corrected chi connectivity index (χ2v) is 4.62. The van der Waals surface area contributed by atoms with Gasteiger partial charge in [-0.1, -0.05) is 11.6 Å². The first-order valence-electron chi connectivity index (χ1n) is 5.46. The predicted octanol–water partition coefficient (Wildman–Crippen LogP) is 2.32. The van der Waals surface area contributed by atoms with Crippen LogP contribution in [0.4, 0.5) is 0 Å². The highest BCUT2D eigenvalue weighted by Gasteiger charge is 2.23. The van der Waals surface area contributed by atoms with E-state index in [0.717, 1.165) is 31.5 Å². The van der Waals surface area contributed by atoms with Crippen molar-refractivity contribution in [3.63, 3.8) is 0 Å². The molecule has 0 spiro atoms. The fourth-order valence-electron chi connectivity index (χ4n) is 2.01. The summed E-state index contributed by atoms with van der Waals surface area (Å²) in [4.78, 5) is 13.9. The standard InChI is InChI=1S/C12H13BClNO/c13-15-7-5-10(6-8-15)12(16)9-1-3-11(14)4-2-9/h1-4,10H,5-8H2. The molecular weight excluding hydrogens is 220 g/mol. The molecule has 2 rings (SSSR count). The highest BCUT2D eigenvalue weighted by Crippen LogP contribution is 2.21. The summed E-state index contributed by atoms with van der Waals surface area (Å²) in [6.07, 6.45) is 1.69. The van der Waals surface area contributed by atoms with Crippen LogP contribution in [0.2, 0.25) is 5.02 Å². The van der Waals surface area contributed by atoms with E-state index < -0.39 is 0 Å². The maximum atomic E-state index is 12.1. The molecule has 0 saturated carbocycles. The van der Waals surface area contributed by atoms with Gasteiger partial charge in [0.25, 0.3) is 0 Å². The average Bonchev–Trinajstić information content (AvgIpc) is 2.30. The van der Waals surface area contributed by atoms with Crippen LogP contribution >= 0.6 is 11.6 Å². The van der Waals surface area contributed by atoms with Crippen LogP contribution in [0, 0.1) is 5.92 Å². The molecule has 0 N–H and O–H groups in total. The van der Waals surface area contributed by atoms with Gasteiger partial charge in [-0.25, -0.2) is 0 Å². The molecule has 0 unspecified atom stereocenters. The number of rotatable bonds is 2. The van der Waals surface area contributed by atoms with Crippen LogP contribution in [0.5, 0.6) is 0 Å². The molecule has 1 saturated heterocycles. The van der Waals surface area contributed by atoms with Gasteiger partial charge in [0, 0.05) is 16.5 Å². The van der Waals surface area contributed by atoms with Crippen molar-refractivity contribution in [1.29, 1.82) is 0 Å². The minimum absolute atomic E-state index is 0.112. The maximum Gasteiger partial charge on any atom is 0.182 e. The second kappa shape index (κ2) is 5.02. The third-order valence-corrected chi connectivity index (χ3v) is 3.28. The van der Waals surface area contributed by atoms with Gasteiger partial charge in [0.1, 0.15) is 0 Å². The number of halogens is 1. The zero-order valence-electron chi connectivity index (χ0n) is 9.03. The molecule has 2 radical (unpaired) electrons. The van der Waals surface area contributed by atoms with E-state index in [1.165, 1.54) is 0 Å². The lowest BCUT2D eigenvalue weighted by molar-refractivity contribution is 0.0876. The van der Waals surface area contributed by atoms with Crippen LogP contribution in [0.25, 0.3) is 0 Å². The summed E-state index contributed by atoms with van der Waals surface area (Å²) in [6, 6.07) is 7.10. The lowest BCUT2D eigenvalue weighted by Crippen LogP contribution is -2.34. The molecule has 1 aromatic carbocycles. The highest BCUT2D eigenvalue weighted by atomic mass is 35.5. The molecule has 1 aliphatic rings. The number of nitrogens with zero attached hydrogens (tertiary/aromatic N) is 1. The van der Waals surface area contributed by atoms with E-state index in [4.69, 9.17) is 19.6 Å². The largest absolute Gasteiger partial charge is 0.353 e. The van der Waals surface area contributed by atoms with E-state index in [1.54, 1.807) is 29.1 Å². The van der Waals surface area contributed by atoms with Crippen molar-refractivity contribution in [1.82, 2.24) is 4.81 Å². The Morgan fingerprint density at radius 1 is 1.25 bits per heavy atom. The van der Waals surface area contributed by atoms with Crippen molar-refractivity contribution in [3.8, 4) is 0 Å². The summed E-state index contributed by atoms with van der Waals surface area (Å²) in [5, 5.41) is 0.660. The van der Waals surface area contributed by atoms with Crippen LogP contribution in [0.15, 0.2) is 24.3 Å². The Morgan fingerprint density at radius 2 is 1.81 bits per heavy atom. The number of hydrogen-bond acceptors (Lipinski definition) is 2. The first-order chi connectivity index (χ1) is 7.66. The first kappa shape index (κ1) is 11.7. The molecule has 0 aromatic heterocycles. The zero-order chi connectivity index (χ0) is 11.5. The Balaban J connectivity index is 2.05. The number of carbonyl (C=O) groups excluding carboxylic acids is 1. The topological polar surface area (TPSA) is 20.3 Å². The smallest absolute Gasteiger partial charge is 0.182 e. The van der Waals surface area contributed by atoms with Crippen LogP contribution in [-0.2, 0) is 0 Å². The van der Waals surface area contributed by atoms with Gasteiger partial charge < -0.3 is 4.81 Å². The van der Waals surface area contributed by atoms with Crippen molar-refractivity contribution in [2.45, 2.75) is 12.8 Å². The molecule has 1 aromatic rings. The number of benzene rings is 1. The number of carbonyl (C=O) groups is 1. The Morgan fingerprint density at radius 3 is 2.38 bits per heavy atom. The van der Waals surface area contributed by atoms with E-state index in [2.05, 4.69) is 0 Å².